The number of anilines is 2. The lowest BCUT2D eigenvalue weighted by atomic mass is 9.88. The molecule has 0 unspecified atom stereocenters. The first-order valence-electron chi connectivity index (χ1n) is 10.5. The molecule has 0 radical (unpaired) electrons. The van der Waals surface area contributed by atoms with Crippen molar-refractivity contribution in [3.8, 4) is 45.3 Å². The van der Waals surface area contributed by atoms with Gasteiger partial charge in [-0.3, -0.25) is 4.79 Å². The van der Waals surface area contributed by atoms with Crippen molar-refractivity contribution in [2.24, 2.45) is 0 Å². The zero-order valence-electron chi connectivity index (χ0n) is 19.2. The number of hydrogen-bond donors (Lipinski definition) is 5. The zero-order chi connectivity index (χ0) is 23.6. The quantitative estimate of drug-likeness (QED) is 0.286. The molecule has 0 aromatic heterocycles. The maximum atomic E-state index is 11.0. The molecule has 0 saturated carbocycles. The first-order valence-corrected chi connectivity index (χ1v) is 10.5. The molecule has 0 saturated heterocycles. The normalized spacial score (nSPS) is 10.3. The van der Waals surface area contributed by atoms with E-state index in [1.165, 1.54) is 12.1 Å². The molecule has 3 rings (SSSR count). The number of phenolic OH excluding ortho intramolecular Hbond substituents is 2. The van der Waals surface area contributed by atoms with E-state index in [1.807, 2.05) is 19.9 Å². The van der Waals surface area contributed by atoms with E-state index in [2.05, 4.69) is 4.90 Å². The number of phenols is 2. The van der Waals surface area contributed by atoms with E-state index < -0.39 is 5.97 Å². The van der Waals surface area contributed by atoms with Gasteiger partial charge in [-0.25, -0.2) is 0 Å². The van der Waals surface area contributed by atoms with Crippen LogP contribution in [-0.4, -0.2) is 68.6 Å². The Morgan fingerprint density at radius 1 is 0.853 bits per heavy atom. The fourth-order valence-corrected chi connectivity index (χ4v) is 3.92. The molecule has 184 valence electrons. The fraction of sp³-hybridized carbons (Fsp3) is 0.292. The number of carboxylic acid groups (broad SMARTS) is 1. The summed E-state index contributed by atoms with van der Waals surface area (Å²) in [5.74, 6) is -1.76. The van der Waals surface area contributed by atoms with Crippen LogP contribution in [0.3, 0.4) is 0 Å². The predicted octanol–water partition coefficient (Wildman–Crippen LogP) is 3.68. The number of carboxylic acids is 1. The van der Waals surface area contributed by atoms with Crippen LogP contribution in [0.2, 0.25) is 0 Å². The van der Waals surface area contributed by atoms with Crippen LogP contribution in [0, 0.1) is 0 Å². The zero-order valence-corrected chi connectivity index (χ0v) is 19.2. The lowest BCUT2D eigenvalue weighted by molar-refractivity contribution is -0.135. The van der Waals surface area contributed by atoms with Gasteiger partial charge in [-0.05, 0) is 32.9 Å². The molecular weight excluding hydrogens is 444 g/mol. The Labute approximate surface area is 197 Å². The van der Waals surface area contributed by atoms with Crippen LogP contribution >= 0.6 is 0 Å². The Morgan fingerprint density at radius 3 is 1.85 bits per heavy atom. The minimum atomic E-state index is -0.994. The fourth-order valence-electron chi connectivity index (χ4n) is 3.92. The number of benzene rings is 2. The summed E-state index contributed by atoms with van der Waals surface area (Å²) in [6, 6.07) is 9.54. The Balaban J connectivity index is 0.00000289. The van der Waals surface area contributed by atoms with Gasteiger partial charge < -0.3 is 46.3 Å². The molecule has 3 aromatic carbocycles. The molecule has 0 aliphatic rings. The minimum absolute atomic E-state index is 0. The molecule has 0 bridgehead atoms. The van der Waals surface area contributed by atoms with Crippen molar-refractivity contribution in [2.45, 2.75) is 20.8 Å². The van der Waals surface area contributed by atoms with E-state index in [4.69, 9.17) is 5.11 Å². The minimum Gasteiger partial charge on any atom is -0.870 e. The van der Waals surface area contributed by atoms with E-state index in [0.717, 1.165) is 18.8 Å². The number of aliphatic carboxylic acids is 1. The van der Waals surface area contributed by atoms with Gasteiger partial charge in [0.25, 0.3) is 17.1 Å². The number of rotatable bonds is 9. The molecule has 10 nitrogen and oxygen atoms in total. The summed E-state index contributed by atoms with van der Waals surface area (Å²) in [7, 11) is 0. The van der Waals surface area contributed by atoms with E-state index in [1.54, 1.807) is 30.0 Å². The van der Waals surface area contributed by atoms with Crippen LogP contribution < -0.4 is 9.80 Å². The maximum absolute atomic E-state index is 11.0. The molecule has 10 heteroatoms. The number of aromatic hydroxyl groups is 4. The summed E-state index contributed by atoms with van der Waals surface area (Å²) in [5, 5.41) is 51.3. The lowest BCUT2D eigenvalue weighted by Crippen LogP contribution is -2.29. The van der Waals surface area contributed by atoms with Crippen LogP contribution in [0.25, 0.3) is 22.3 Å². The number of carbonyl (C=O) groups is 1. The molecule has 3 aromatic rings. The molecular formula is C24H30N2O8. The summed E-state index contributed by atoms with van der Waals surface area (Å²) in [6.07, 6.45) is 0. The third kappa shape index (κ3) is 5.03. The smallest absolute Gasteiger partial charge is 0.323 e. The van der Waals surface area contributed by atoms with Crippen molar-refractivity contribution in [1.29, 1.82) is 0 Å². The Morgan fingerprint density at radius 2 is 1.38 bits per heavy atom. The average molecular weight is 475 g/mol. The van der Waals surface area contributed by atoms with Crippen molar-refractivity contribution in [3.63, 3.8) is 0 Å². The van der Waals surface area contributed by atoms with Gasteiger partial charge in [0.1, 0.15) is 12.1 Å². The first kappa shape index (κ1) is 28.1. The largest absolute Gasteiger partial charge is 0.870 e. The maximum Gasteiger partial charge on any atom is 0.323 e. The Hall–Kier alpha value is -3.89. The van der Waals surface area contributed by atoms with Crippen molar-refractivity contribution in [3.05, 3.63) is 36.4 Å². The van der Waals surface area contributed by atoms with Crippen LogP contribution in [0.1, 0.15) is 20.8 Å². The van der Waals surface area contributed by atoms with E-state index in [9.17, 15) is 25.2 Å². The van der Waals surface area contributed by atoms with Crippen LogP contribution in [0.5, 0.6) is 23.0 Å². The second-order valence-electron chi connectivity index (χ2n) is 7.43. The summed E-state index contributed by atoms with van der Waals surface area (Å²) in [5.41, 5.74) is 2.00. The van der Waals surface area contributed by atoms with Gasteiger partial charge in [0.2, 0.25) is 11.3 Å². The van der Waals surface area contributed by atoms with Gasteiger partial charge in [0, 0.05) is 49.6 Å². The molecule has 34 heavy (non-hydrogen) atoms. The monoisotopic (exact) mass is 474 g/mol. The van der Waals surface area contributed by atoms with Gasteiger partial charge in [-0.15, -0.1) is 0 Å². The highest BCUT2D eigenvalue weighted by molar-refractivity contribution is 6.01. The van der Waals surface area contributed by atoms with Crippen molar-refractivity contribution >= 4 is 17.3 Å². The van der Waals surface area contributed by atoms with Gasteiger partial charge in [-0.2, -0.15) is 0 Å². The van der Waals surface area contributed by atoms with Crippen molar-refractivity contribution in [1.82, 2.24) is 0 Å². The molecule has 0 fully saturated rings. The summed E-state index contributed by atoms with van der Waals surface area (Å²) in [6.45, 7) is 7.57. The SMILES string of the molecule is CCN(CC)c1ccc(-[c+]2c(O)c(-c3ccc(N(CC)CC(=O)O)cc3O)[c+]2O)c(O)c1.[OH-].[OH-]. The van der Waals surface area contributed by atoms with E-state index >= 15 is 0 Å². The highest BCUT2D eigenvalue weighted by Gasteiger charge is 2.43. The number of hydrogen-bond acceptors (Lipinski definition) is 9. The van der Waals surface area contributed by atoms with Gasteiger partial charge in [-0.1, -0.05) is 0 Å². The third-order valence-electron chi connectivity index (χ3n) is 5.65. The van der Waals surface area contributed by atoms with Crippen molar-refractivity contribution < 1.29 is 41.3 Å². The predicted molar refractivity (Wildman–Crippen MR) is 128 cm³/mol. The van der Waals surface area contributed by atoms with Crippen molar-refractivity contribution in [2.75, 3.05) is 36.0 Å². The molecule has 7 N–H and O–H groups in total. The van der Waals surface area contributed by atoms with Crippen LogP contribution in [0.15, 0.2) is 36.4 Å². The molecule has 0 spiro atoms. The third-order valence-corrected chi connectivity index (χ3v) is 5.65. The van der Waals surface area contributed by atoms with Gasteiger partial charge in [0.05, 0.1) is 5.69 Å². The number of nitrogens with zero attached hydrogens (tertiary/aromatic N) is 2. The second-order valence-corrected chi connectivity index (χ2v) is 7.43. The highest BCUT2D eigenvalue weighted by atomic mass is 16.4. The van der Waals surface area contributed by atoms with Gasteiger partial charge >= 0.3 is 5.97 Å². The Bertz CT molecular complexity index is 1100. The summed E-state index contributed by atoms with van der Waals surface area (Å²) < 4.78 is 0. The lowest BCUT2D eigenvalue weighted by Gasteiger charge is -2.21. The van der Waals surface area contributed by atoms with Gasteiger partial charge in [0.15, 0.2) is 11.3 Å². The topological polar surface area (TPSA) is 185 Å². The second kappa shape index (κ2) is 11.3. The molecule has 0 aliphatic carbocycles. The highest BCUT2D eigenvalue weighted by Crippen LogP contribution is 2.58. The average Bonchev–Trinajstić information content (AvgIpc) is 2.76. The molecule has 0 atom stereocenters. The standard InChI is InChI=1S/C24H26N2O6.2H2O/c1-4-25(5-2)14-7-9-16(18(27)11-14)21-23(31)22(24(21)32)17-10-8-15(12-19(17)28)26(6-3)13-20(29)30;;/h7-12,31H,4-6,13H2,1-3H3,(H2-2,27,28,29,30,32);2*1H2. The summed E-state index contributed by atoms with van der Waals surface area (Å²) in [4.78, 5) is 14.7. The molecule has 0 heterocycles. The Kier molecular flexibility index (Phi) is 9.36. The van der Waals surface area contributed by atoms with E-state index in [-0.39, 0.29) is 62.7 Å². The van der Waals surface area contributed by atoms with E-state index in [0.29, 0.717) is 12.2 Å². The van der Waals surface area contributed by atoms with Crippen LogP contribution in [-0.2, 0) is 4.79 Å². The first-order chi connectivity index (χ1) is 15.2. The summed E-state index contributed by atoms with van der Waals surface area (Å²) >= 11 is 0. The van der Waals surface area contributed by atoms with Crippen LogP contribution in [0.4, 0.5) is 11.4 Å². The number of likely N-dealkylation sites (N-methyl/N-ethyl adjacent to an activating group) is 1. The molecule has 0 aliphatic heterocycles. The molecule has 0 amide bonds.